The highest BCUT2D eigenvalue weighted by Crippen LogP contribution is 2.26. The number of fused-ring (bicyclic) bond motifs is 1. The fourth-order valence-electron chi connectivity index (χ4n) is 2.28. The van der Waals surface area contributed by atoms with Gasteiger partial charge in [0.2, 0.25) is 0 Å². The molecule has 1 aliphatic heterocycles. The minimum Gasteiger partial charge on any atom is -0.356 e. The van der Waals surface area contributed by atoms with Gasteiger partial charge in [-0.3, -0.25) is 4.98 Å². The van der Waals surface area contributed by atoms with Crippen LogP contribution in [0.15, 0.2) is 18.5 Å². The maximum atomic E-state index is 5.76. The standard InChI is InChI=1S/C12H15N3O/c1-9-10-5-6-13-8-11(10)15(14-9)12-4-2-3-7-16-12/h5-6,8,12H,2-4,7H2,1H3. The van der Waals surface area contributed by atoms with Crippen LogP contribution in [0, 0.1) is 6.92 Å². The number of aryl methyl sites for hydroxylation is 1. The first-order chi connectivity index (χ1) is 7.86. The fraction of sp³-hybridized carbons (Fsp3) is 0.500. The van der Waals surface area contributed by atoms with Crippen molar-refractivity contribution in [2.45, 2.75) is 32.4 Å². The lowest BCUT2D eigenvalue weighted by Gasteiger charge is -2.23. The molecule has 3 rings (SSSR count). The van der Waals surface area contributed by atoms with Gasteiger partial charge in [0.1, 0.15) is 0 Å². The number of hydrogen-bond acceptors (Lipinski definition) is 3. The van der Waals surface area contributed by atoms with Crippen LogP contribution in [0.3, 0.4) is 0 Å². The van der Waals surface area contributed by atoms with Crippen LogP contribution >= 0.6 is 0 Å². The van der Waals surface area contributed by atoms with E-state index in [4.69, 9.17) is 4.74 Å². The molecule has 16 heavy (non-hydrogen) atoms. The number of hydrogen-bond donors (Lipinski definition) is 0. The van der Waals surface area contributed by atoms with Crippen LogP contribution in [0.2, 0.25) is 0 Å². The fourth-order valence-corrected chi connectivity index (χ4v) is 2.28. The van der Waals surface area contributed by atoms with E-state index in [2.05, 4.69) is 10.1 Å². The third kappa shape index (κ3) is 1.50. The molecular formula is C12H15N3O. The molecule has 1 atom stereocenters. The van der Waals surface area contributed by atoms with Crippen molar-refractivity contribution in [2.24, 2.45) is 0 Å². The van der Waals surface area contributed by atoms with Crippen molar-refractivity contribution >= 4 is 10.9 Å². The van der Waals surface area contributed by atoms with Crippen molar-refractivity contribution in [1.82, 2.24) is 14.8 Å². The summed E-state index contributed by atoms with van der Waals surface area (Å²) in [5.41, 5.74) is 2.12. The summed E-state index contributed by atoms with van der Waals surface area (Å²) in [6, 6.07) is 2.01. The zero-order chi connectivity index (χ0) is 11.0. The minimum absolute atomic E-state index is 0.0918. The van der Waals surface area contributed by atoms with Crippen LogP contribution in [0.25, 0.3) is 10.9 Å². The highest BCUT2D eigenvalue weighted by molar-refractivity contribution is 5.80. The van der Waals surface area contributed by atoms with Crippen LogP contribution in [0.5, 0.6) is 0 Å². The lowest BCUT2D eigenvalue weighted by Crippen LogP contribution is -2.19. The van der Waals surface area contributed by atoms with Crippen LogP contribution < -0.4 is 0 Å². The van der Waals surface area contributed by atoms with Gasteiger partial charge in [0, 0.05) is 18.2 Å². The largest absolute Gasteiger partial charge is 0.356 e. The average Bonchev–Trinajstić information content (AvgIpc) is 2.69. The van der Waals surface area contributed by atoms with Gasteiger partial charge in [-0.05, 0) is 32.3 Å². The van der Waals surface area contributed by atoms with Crippen LogP contribution in [0.4, 0.5) is 0 Å². The Morgan fingerprint density at radius 1 is 1.44 bits per heavy atom. The summed E-state index contributed by atoms with van der Waals surface area (Å²) in [7, 11) is 0. The second-order valence-corrected chi connectivity index (χ2v) is 4.24. The van der Waals surface area contributed by atoms with Crippen molar-refractivity contribution in [2.75, 3.05) is 6.61 Å². The molecule has 1 saturated heterocycles. The predicted molar refractivity (Wildman–Crippen MR) is 61.1 cm³/mol. The summed E-state index contributed by atoms with van der Waals surface area (Å²) in [4.78, 5) is 4.17. The van der Waals surface area contributed by atoms with E-state index in [1.807, 2.05) is 30.1 Å². The summed E-state index contributed by atoms with van der Waals surface area (Å²) in [5.74, 6) is 0. The highest BCUT2D eigenvalue weighted by Gasteiger charge is 2.19. The van der Waals surface area contributed by atoms with E-state index in [1.54, 1.807) is 0 Å². The van der Waals surface area contributed by atoms with Crippen LogP contribution in [-0.4, -0.2) is 21.4 Å². The molecule has 0 radical (unpaired) electrons. The Morgan fingerprint density at radius 3 is 3.19 bits per heavy atom. The molecule has 4 heteroatoms. The third-order valence-corrected chi connectivity index (χ3v) is 3.12. The average molecular weight is 217 g/mol. The quantitative estimate of drug-likeness (QED) is 0.736. The van der Waals surface area contributed by atoms with E-state index >= 15 is 0 Å². The van der Waals surface area contributed by atoms with E-state index in [0.717, 1.165) is 30.7 Å². The molecule has 0 saturated carbocycles. The molecular weight excluding hydrogens is 202 g/mol. The Bertz CT molecular complexity index is 500. The normalized spacial score (nSPS) is 21.4. The molecule has 1 unspecified atom stereocenters. The molecule has 84 valence electrons. The van der Waals surface area contributed by atoms with Gasteiger partial charge in [0.25, 0.3) is 0 Å². The SMILES string of the molecule is Cc1nn(C2CCCCO2)c2cnccc12. The highest BCUT2D eigenvalue weighted by atomic mass is 16.5. The summed E-state index contributed by atoms with van der Waals surface area (Å²) in [5, 5.41) is 5.74. The first kappa shape index (κ1) is 9.78. The Morgan fingerprint density at radius 2 is 2.38 bits per heavy atom. The van der Waals surface area contributed by atoms with E-state index in [-0.39, 0.29) is 6.23 Å². The number of rotatable bonds is 1. The van der Waals surface area contributed by atoms with Crippen molar-refractivity contribution in [3.8, 4) is 0 Å². The molecule has 0 N–H and O–H groups in total. The lowest BCUT2D eigenvalue weighted by atomic mass is 10.2. The third-order valence-electron chi connectivity index (χ3n) is 3.12. The molecule has 2 aromatic heterocycles. The molecule has 1 fully saturated rings. The molecule has 4 nitrogen and oxygen atoms in total. The van der Waals surface area contributed by atoms with Crippen LogP contribution in [0.1, 0.15) is 31.2 Å². The predicted octanol–water partition coefficient (Wildman–Crippen LogP) is 2.44. The molecule has 0 aromatic carbocycles. The number of ether oxygens (including phenoxy) is 1. The summed E-state index contributed by atoms with van der Waals surface area (Å²) < 4.78 is 7.74. The van der Waals surface area contributed by atoms with Crippen molar-refractivity contribution in [3.63, 3.8) is 0 Å². The van der Waals surface area contributed by atoms with Gasteiger partial charge < -0.3 is 4.74 Å². The Labute approximate surface area is 94.2 Å². The van der Waals surface area contributed by atoms with E-state index in [0.29, 0.717) is 0 Å². The van der Waals surface area contributed by atoms with E-state index in [1.165, 1.54) is 11.8 Å². The monoisotopic (exact) mass is 217 g/mol. The van der Waals surface area contributed by atoms with Gasteiger partial charge in [-0.25, -0.2) is 4.68 Å². The molecule has 1 aliphatic rings. The molecule has 0 bridgehead atoms. The molecule has 2 aromatic rings. The van der Waals surface area contributed by atoms with Gasteiger partial charge in [-0.15, -0.1) is 0 Å². The molecule has 0 aliphatic carbocycles. The summed E-state index contributed by atoms with van der Waals surface area (Å²) >= 11 is 0. The van der Waals surface area contributed by atoms with E-state index in [9.17, 15) is 0 Å². The number of aromatic nitrogens is 3. The van der Waals surface area contributed by atoms with Gasteiger partial charge >= 0.3 is 0 Å². The first-order valence-electron chi connectivity index (χ1n) is 5.77. The first-order valence-corrected chi connectivity index (χ1v) is 5.77. The second-order valence-electron chi connectivity index (χ2n) is 4.24. The smallest absolute Gasteiger partial charge is 0.150 e. The van der Waals surface area contributed by atoms with Gasteiger partial charge in [0.05, 0.1) is 17.4 Å². The number of nitrogens with zero attached hydrogens (tertiary/aromatic N) is 3. The molecule has 0 amide bonds. The van der Waals surface area contributed by atoms with Crippen molar-refractivity contribution in [1.29, 1.82) is 0 Å². The number of pyridine rings is 1. The van der Waals surface area contributed by atoms with Gasteiger partial charge in [0.15, 0.2) is 6.23 Å². The zero-order valence-electron chi connectivity index (χ0n) is 9.39. The van der Waals surface area contributed by atoms with Gasteiger partial charge in [-0.2, -0.15) is 5.10 Å². The maximum Gasteiger partial charge on any atom is 0.150 e. The second kappa shape index (κ2) is 3.87. The van der Waals surface area contributed by atoms with Crippen LogP contribution in [-0.2, 0) is 4.74 Å². The van der Waals surface area contributed by atoms with Crippen molar-refractivity contribution in [3.05, 3.63) is 24.2 Å². The maximum absolute atomic E-state index is 5.76. The summed E-state index contributed by atoms with van der Waals surface area (Å²) in [6.45, 7) is 2.87. The van der Waals surface area contributed by atoms with Gasteiger partial charge in [-0.1, -0.05) is 0 Å². The Hall–Kier alpha value is -1.42. The topological polar surface area (TPSA) is 39.9 Å². The lowest BCUT2D eigenvalue weighted by molar-refractivity contribution is -0.0368. The minimum atomic E-state index is 0.0918. The Kier molecular flexibility index (Phi) is 2.36. The van der Waals surface area contributed by atoms with E-state index < -0.39 is 0 Å². The molecule has 3 heterocycles. The molecule has 0 spiro atoms. The Balaban J connectivity index is 2.08. The van der Waals surface area contributed by atoms with Crippen molar-refractivity contribution < 1.29 is 4.74 Å². The zero-order valence-corrected chi connectivity index (χ0v) is 9.39. The summed E-state index contributed by atoms with van der Waals surface area (Å²) in [6.07, 6.45) is 7.19.